The molecule has 7 heteroatoms. The van der Waals surface area contributed by atoms with Crippen molar-refractivity contribution in [2.75, 3.05) is 30.0 Å². The molecule has 3 rings (SSSR count). The number of hydrogen-bond acceptors (Lipinski definition) is 5. The van der Waals surface area contributed by atoms with Crippen molar-refractivity contribution in [3.05, 3.63) is 64.2 Å². The summed E-state index contributed by atoms with van der Waals surface area (Å²) < 4.78 is 0. The molecule has 0 atom stereocenters. The summed E-state index contributed by atoms with van der Waals surface area (Å²) in [6.07, 6.45) is 2.06. The van der Waals surface area contributed by atoms with Crippen LogP contribution >= 0.6 is 0 Å². The summed E-state index contributed by atoms with van der Waals surface area (Å²) in [5.41, 5.74) is 4.35. The number of carbonyl (C=O) groups excluding carboxylic acids is 1. The molecule has 1 aliphatic rings. The standard InChI is InChI=1S/C18H20N4O3/c1-20(15-7-3-2-4-8-15)19-18(23)14-9-10-16(17(13-14)22(24)25)21-11-5-6-12-21/h2-4,7-10,13H,5-6,11-12H2,1H3,(H,19,23). The van der Waals surface area contributed by atoms with E-state index in [-0.39, 0.29) is 17.2 Å². The number of hydrogen-bond donors (Lipinski definition) is 1. The van der Waals surface area contributed by atoms with E-state index in [1.54, 1.807) is 24.2 Å². The Morgan fingerprint density at radius 1 is 1.16 bits per heavy atom. The minimum atomic E-state index is -0.425. The second kappa shape index (κ2) is 7.21. The lowest BCUT2D eigenvalue weighted by atomic mass is 10.1. The number of nitro groups is 1. The predicted molar refractivity (Wildman–Crippen MR) is 96.9 cm³/mol. The van der Waals surface area contributed by atoms with E-state index in [0.717, 1.165) is 31.6 Å². The van der Waals surface area contributed by atoms with Crippen LogP contribution in [0.4, 0.5) is 17.1 Å². The summed E-state index contributed by atoms with van der Waals surface area (Å²) in [4.78, 5) is 25.5. The minimum absolute atomic E-state index is 0.0306. The van der Waals surface area contributed by atoms with Crippen LogP contribution in [0.15, 0.2) is 48.5 Å². The van der Waals surface area contributed by atoms with Gasteiger partial charge in [-0.15, -0.1) is 0 Å². The summed E-state index contributed by atoms with van der Waals surface area (Å²) in [5, 5.41) is 13.0. The number of nitrogens with one attached hydrogen (secondary N) is 1. The molecule has 0 spiro atoms. The van der Waals surface area contributed by atoms with Gasteiger partial charge in [0.1, 0.15) is 5.69 Å². The van der Waals surface area contributed by atoms with Gasteiger partial charge in [-0.25, -0.2) is 0 Å². The van der Waals surface area contributed by atoms with E-state index < -0.39 is 4.92 Å². The fourth-order valence-corrected chi connectivity index (χ4v) is 2.97. The van der Waals surface area contributed by atoms with Crippen molar-refractivity contribution in [3.8, 4) is 0 Å². The van der Waals surface area contributed by atoms with Crippen LogP contribution in [0.3, 0.4) is 0 Å². The SMILES string of the molecule is CN(NC(=O)c1ccc(N2CCCC2)c([N+](=O)[O-])c1)c1ccccc1. The van der Waals surface area contributed by atoms with Crippen molar-refractivity contribution in [2.45, 2.75) is 12.8 Å². The molecule has 0 aromatic heterocycles. The molecular weight excluding hydrogens is 320 g/mol. The fourth-order valence-electron chi connectivity index (χ4n) is 2.97. The van der Waals surface area contributed by atoms with Crippen LogP contribution in [0.25, 0.3) is 0 Å². The molecule has 1 heterocycles. The molecule has 130 valence electrons. The van der Waals surface area contributed by atoms with Crippen LogP contribution in [0, 0.1) is 10.1 Å². The quantitative estimate of drug-likeness (QED) is 0.669. The lowest BCUT2D eigenvalue weighted by molar-refractivity contribution is -0.384. The van der Waals surface area contributed by atoms with E-state index in [1.807, 2.05) is 35.2 Å². The first kappa shape index (κ1) is 16.8. The molecule has 25 heavy (non-hydrogen) atoms. The summed E-state index contributed by atoms with van der Waals surface area (Å²) in [7, 11) is 1.72. The van der Waals surface area contributed by atoms with Crippen molar-refractivity contribution in [1.82, 2.24) is 5.43 Å². The van der Waals surface area contributed by atoms with Gasteiger partial charge >= 0.3 is 0 Å². The zero-order valence-corrected chi connectivity index (χ0v) is 14.0. The van der Waals surface area contributed by atoms with Crippen LogP contribution in [0.2, 0.25) is 0 Å². The highest BCUT2D eigenvalue weighted by Crippen LogP contribution is 2.31. The van der Waals surface area contributed by atoms with Crippen molar-refractivity contribution in [1.29, 1.82) is 0 Å². The van der Waals surface area contributed by atoms with Gasteiger partial charge < -0.3 is 4.90 Å². The van der Waals surface area contributed by atoms with Gasteiger partial charge in [-0.3, -0.25) is 25.3 Å². The molecule has 1 amide bonds. The Kier molecular flexibility index (Phi) is 4.83. The van der Waals surface area contributed by atoms with Crippen molar-refractivity contribution in [2.24, 2.45) is 0 Å². The molecular formula is C18H20N4O3. The van der Waals surface area contributed by atoms with Gasteiger partial charge in [-0.2, -0.15) is 0 Å². The highest BCUT2D eigenvalue weighted by molar-refractivity contribution is 5.96. The maximum Gasteiger partial charge on any atom is 0.293 e. The topological polar surface area (TPSA) is 78.7 Å². The molecule has 1 N–H and O–H groups in total. The summed E-state index contributed by atoms with van der Waals surface area (Å²) in [6, 6.07) is 14.0. The number of amides is 1. The smallest absolute Gasteiger partial charge is 0.293 e. The average molecular weight is 340 g/mol. The predicted octanol–water partition coefficient (Wildman–Crippen LogP) is 2.98. The molecule has 1 aliphatic heterocycles. The number of hydrazine groups is 1. The molecule has 0 saturated carbocycles. The number of para-hydroxylation sites is 1. The van der Waals surface area contributed by atoms with Gasteiger partial charge in [-0.1, -0.05) is 18.2 Å². The van der Waals surface area contributed by atoms with Gasteiger partial charge in [0.15, 0.2) is 0 Å². The van der Waals surface area contributed by atoms with Crippen LogP contribution in [0.5, 0.6) is 0 Å². The Balaban J connectivity index is 1.80. The maximum atomic E-state index is 12.4. The van der Waals surface area contributed by atoms with Crippen LogP contribution in [-0.2, 0) is 0 Å². The third-order valence-corrected chi connectivity index (χ3v) is 4.29. The van der Waals surface area contributed by atoms with Crippen molar-refractivity contribution < 1.29 is 9.72 Å². The van der Waals surface area contributed by atoms with Gasteiger partial charge in [0.25, 0.3) is 11.6 Å². The first-order valence-electron chi connectivity index (χ1n) is 8.19. The number of nitrogens with zero attached hydrogens (tertiary/aromatic N) is 3. The molecule has 0 radical (unpaired) electrons. The third-order valence-electron chi connectivity index (χ3n) is 4.29. The van der Waals surface area contributed by atoms with Gasteiger partial charge in [0.05, 0.1) is 10.6 Å². The van der Waals surface area contributed by atoms with Crippen molar-refractivity contribution in [3.63, 3.8) is 0 Å². The number of benzene rings is 2. The second-order valence-corrected chi connectivity index (χ2v) is 5.99. The number of nitro benzene ring substituents is 1. The van der Waals surface area contributed by atoms with E-state index in [0.29, 0.717) is 5.69 Å². The number of rotatable bonds is 5. The third kappa shape index (κ3) is 3.71. The zero-order valence-electron chi connectivity index (χ0n) is 14.0. The van der Waals surface area contributed by atoms with Crippen LogP contribution in [-0.4, -0.2) is 31.0 Å². The molecule has 2 aromatic carbocycles. The highest BCUT2D eigenvalue weighted by atomic mass is 16.6. The highest BCUT2D eigenvalue weighted by Gasteiger charge is 2.24. The first-order chi connectivity index (χ1) is 12.1. The molecule has 0 bridgehead atoms. The molecule has 0 aliphatic carbocycles. The average Bonchev–Trinajstić information content (AvgIpc) is 3.16. The fraction of sp³-hybridized carbons (Fsp3) is 0.278. The van der Waals surface area contributed by atoms with Gasteiger partial charge in [0, 0.05) is 31.8 Å². The van der Waals surface area contributed by atoms with E-state index in [4.69, 9.17) is 0 Å². The Hall–Kier alpha value is -3.09. The molecule has 1 saturated heterocycles. The Morgan fingerprint density at radius 2 is 1.84 bits per heavy atom. The summed E-state index contributed by atoms with van der Waals surface area (Å²) >= 11 is 0. The zero-order chi connectivity index (χ0) is 17.8. The largest absolute Gasteiger partial charge is 0.366 e. The normalized spacial score (nSPS) is 13.6. The summed E-state index contributed by atoms with van der Waals surface area (Å²) in [6.45, 7) is 1.62. The summed E-state index contributed by atoms with van der Waals surface area (Å²) in [5.74, 6) is -0.387. The Bertz CT molecular complexity index is 773. The monoisotopic (exact) mass is 340 g/mol. The van der Waals surface area contributed by atoms with E-state index >= 15 is 0 Å². The molecule has 1 fully saturated rings. The van der Waals surface area contributed by atoms with E-state index in [9.17, 15) is 14.9 Å². The van der Waals surface area contributed by atoms with Crippen LogP contribution in [0.1, 0.15) is 23.2 Å². The molecule has 2 aromatic rings. The Morgan fingerprint density at radius 3 is 2.48 bits per heavy atom. The van der Waals surface area contributed by atoms with Crippen LogP contribution < -0.4 is 15.3 Å². The lowest BCUT2D eigenvalue weighted by Crippen LogP contribution is -2.39. The van der Waals surface area contributed by atoms with E-state index in [2.05, 4.69) is 5.43 Å². The maximum absolute atomic E-state index is 12.4. The lowest BCUT2D eigenvalue weighted by Gasteiger charge is -2.21. The Labute approximate surface area is 146 Å². The number of carbonyl (C=O) groups is 1. The minimum Gasteiger partial charge on any atom is -0.366 e. The number of anilines is 2. The van der Waals surface area contributed by atoms with E-state index in [1.165, 1.54) is 6.07 Å². The van der Waals surface area contributed by atoms with Gasteiger partial charge in [0.2, 0.25) is 0 Å². The second-order valence-electron chi connectivity index (χ2n) is 5.99. The van der Waals surface area contributed by atoms with Crippen molar-refractivity contribution >= 4 is 23.0 Å². The molecule has 7 nitrogen and oxygen atoms in total. The van der Waals surface area contributed by atoms with Gasteiger partial charge in [-0.05, 0) is 37.1 Å². The molecule has 0 unspecified atom stereocenters. The first-order valence-corrected chi connectivity index (χ1v) is 8.19.